The summed E-state index contributed by atoms with van der Waals surface area (Å²) in [4.78, 5) is 0. The number of ether oxygens (including phenoxy) is 1. The molecule has 0 aromatic heterocycles. The van der Waals surface area contributed by atoms with Crippen molar-refractivity contribution in [3.05, 3.63) is 29.3 Å². The number of aliphatic hydroxyl groups is 1. The zero-order chi connectivity index (χ0) is 13.0. The van der Waals surface area contributed by atoms with Crippen LogP contribution < -0.4 is 4.74 Å². The SMILES string of the molecule is COc1ccc(C(O)CCC2CCCC2)cc1C. The van der Waals surface area contributed by atoms with Crippen LogP contribution in [0.5, 0.6) is 5.75 Å². The molecule has 2 rings (SSSR count). The zero-order valence-electron chi connectivity index (χ0n) is 11.5. The standard InChI is InChI=1S/C16H24O2/c1-12-11-14(8-10-16(12)18-2)15(17)9-7-13-5-3-4-6-13/h8,10-11,13,15,17H,3-7,9H2,1-2H3. The van der Waals surface area contributed by atoms with Crippen LogP contribution in [0.2, 0.25) is 0 Å². The maximum absolute atomic E-state index is 10.2. The van der Waals surface area contributed by atoms with Crippen LogP contribution in [-0.4, -0.2) is 12.2 Å². The van der Waals surface area contributed by atoms with Gasteiger partial charge in [-0.3, -0.25) is 0 Å². The monoisotopic (exact) mass is 248 g/mol. The molecule has 2 nitrogen and oxygen atoms in total. The first-order valence-corrected chi connectivity index (χ1v) is 7.03. The average molecular weight is 248 g/mol. The predicted molar refractivity (Wildman–Crippen MR) is 73.9 cm³/mol. The minimum atomic E-state index is -0.324. The van der Waals surface area contributed by atoms with E-state index in [1.165, 1.54) is 25.7 Å². The molecule has 100 valence electrons. The highest BCUT2D eigenvalue weighted by molar-refractivity contribution is 5.36. The Morgan fingerprint density at radius 3 is 2.67 bits per heavy atom. The summed E-state index contributed by atoms with van der Waals surface area (Å²) in [7, 11) is 1.68. The van der Waals surface area contributed by atoms with Crippen LogP contribution in [0.25, 0.3) is 0 Å². The van der Waals surface area contributed by atoms with E-state index in [9.17, 15) is 5.11 Å². The van der Waals surface area contributed by atoms with Gasteiger partial charge in [0.05, 0.1) is 13.2 Å². The van der Waals surface area contributed by atoms with Crippen molar-refractivity contribution in [3.63, 3.8) is 0 Å². The molecule has 1 aliphatic carbocycles. The molecule has 1 aromatic rings. The second-order valence-electron chi connectivity index (χ2n) is 5.47. The molecule has 1 aromatic carbocycles. The molecule has 0 aliphatic heterocycles. The fraction of sp³-hybridized carbons (Fsp3) is 0.625. The minimum absolute atomic E-state index is 0.324. The van der Waals surface area contributed by atoms with Crippen molar-refractivity contribution in [3.8, 4) is 5.75 Å². The molecular weight excluding hydrogens is 224 g/mol. The van der Waals surface area contributed by atoms with Gasteiger partial charge in [0.25, 0.3) is 0 Å². The Hall–Kier alpha value is -1.02. The molecule has 0 bridgehead atoms. The number of aliphatic hydroxyl groups excluding tert-OH is 1. The van der Waals surface area contributed by atoms with Gasteiger partial charge in [0.15, 0.2) is 0 Å². The van der Waals surface area contributed by atoms with Gasteiger partial charge in [-0.1, -0.05) is 31.7 Å². The molecule has 2 heteroatoms. The van der Waals surface area contributed by atoms with E-state index in [-0.39, 0.29) is 6.10 Å². The van der Waals surface area contributed by atoms with Crippen molar-refractivity contribution in [2.75, 3.05) is 7.11 Å². The summed E-state index contributed by atoms with van der Waals surface area (Å²) >= 11 is 0. The first kappa shape index (κ1) is 13.4. The first-order chi connectivity index (χ1) is 8.70. The van der Waals surface area contributed by atoms with E-state index in [2.05, 4.69) is 0 Å². The van der Waals surface area contributed by atoms with Crippen molar-refractivity contribution in [1.82, 2.24) is 0 Å². The second-order valence-corrected chi connectivity index (χ2v) is 5.47. The highest BCUT2D eigenvalue weighted by Gasteiger charge is 2.17. The average Bonchev–Trinajstić information content (AvgIpc) is 2.89. The zero-order valence-corrected chi connectivity index (χ0v) is 11.5. The Morgan fingerprint density at radius 1 is 1.33 bits per heavy atom. The summed E-state index contributed by atoms with van der Waals surface area (Å²) in [5.41, 5.74) is 2.11. The summed E-state index contributed by atoms with van der Waals surface area (Å²) in [6, 6.07) is 5.97. The van der Waals surface area contributed by atoms with Gasteiger partial charge in [-0.25, -0.2) is 0 Å². The molecular formula is C16H24O2. The lowest BCUT2D eigenvalue weighted by Crippen LogP contribution is -2.02. The largest absolute Gasteiger partial charge is 0.496 e. The van der Waals surface area contributed by atoms with Crippen molar-refractivity contribution >= 4 is 0 Å². The Bertz CT molecular complexity index is 381. The summed E-state index contributed by atoms with van der Waals surface area (Å²) in [6.07, 6.45) is 7.19. The third-order valence-electron chi connectivity index (χ3n) is 4.13. The highest BCUT2D eigenvalue weighted by Crippen LogP contribution is 2.32. The van der Waals surface area contributed by atoms with E-state index < -0.39 is 0 Å². The van der Waals surface area contributed by atoms with Crippen LogP contribution in [-0.2, 0) is 0 Å². The van der Waals surface area contributed by atoms with Crippen LogP contribution in [0.4, 0.5) is 0 Å². The molecule has 1 N–H and O–H groups in total. The van der Waals surface area contributed by atoms with Crippen LogP contribution in [0.1, 0.15) is 55.8 Å². The predicted octanol–water partition coefficient (Wildman–Crippen LogP) is 4.01. The van der Waals surface area contributed by atoms with E-state index >= 15 is 0 Å². The van der Waals surface area contributed by atoms with Crippen LogP contribution in [0, 0.1) is 12.8 Å². The number of methoxy groups -OCH3 is 1. The fourth-order valence-corrected chi connectivity index (χ4v) is 2.97. The smallest absolute Gasteiger partial charge is 0.121 e. The molecule has 1 aliphatic rings. The Kier molecular flexibility index (Phi) is 4.65. The van der Waals surface area contributed by atoms with E-state index in [0.29, 0.717) is 0 Å². The lowest BCUT2D eigenvalue weighted by Gasteiger charge is -2.15. The van der Waals surface area contributed by atoms with Crippen molar-refractivity contribution in [2.24, 2.45) is 5.92 Å². The number of rotatable bonds is 5. The fourth-order valence-electron chi connectivity index (χ4n) is 2.97. The summed E-state index contributed by atoms with van der Waals surface area (Å²) in [6.45, 7) is 2.02. The van der Waals surface area contributed by atoms with Gasteiger partial charge >= 0.3 is 0 Å². The quantitative estimate of drug-likeness (QED) is 0.853. The molecule has 0 spiro atoms. The Morgan fingerprint density at radius 2 is 2.06 bits per heavy atom. The van der Waals surface area contributed by atoms with Gasteiger partial charge in [0, 0.05) is 0 Å². The molecule has 1 unspecified atom stereocenters. The highest BCUT2D eigenvalue weighted by atomic mass is 16.5. The normalized spacial score (nSPS) is 17.9. The maximum Gasteiger partial charge on any atom is 0.121 e. The van der Waals surface area contributed by atoms with Gasteiger partial charge in [-0.05, 0) is 48.9 Å². The summed E-state index contributed by atoms with van der Waals surface area (Å²) < 4.78 is 5.24. The molecule has 18 heavy (non-hydrogen) atoms. The molecule has 0 saturated heterocycles. The van der Waals surface area contributed by atoms with Gasteiger partial charge in [-0.2, -0.15) is 0 Å². The van der Waals surface area contributed by atoms with Gasteiger partial charge in [-0.15, -0.1) is 0 Å². The maximum atomic E-state index is 10.2. The molecule has 0 radical (unpaired) electrons. The Labute approximate surface area is 110 Å². The Balaban J connectivity index is 1.91. The lowest BCUT2D eigenvalue weighted by molar-refractivity contribution is 0.157. The van der Waals surface area contributed by atoms with Crippen molar-refractivity contribution in [1.29, 1.82) is 0 Å². The van der Waals surface area contributed by atoms with Crippen LogP contribution >= 0.6 is 0 Å². The molecule has 1 saturated carbocycles. The number of aryl methyl sites for hydroxylation is 1. The van der Waals surface area contributed by atoms with E-state index in [4.69, 9.17) is 4.74 Å². The molecule has 0 amide bonds. The van der Waals surface area contributed by atoms with Crippen molar-refractivity contribution < 1.29 is 9.84 Å². The molecule has 1 atom stereocenters. The molecule has 1 fully saturated rings. The number of hydrogen-bond donors (Lipinski definition) is 1. The summed E-state index contributed by atoms with van der Waals surface area (Å²) in [5, 5.41) is 10.2. The second kappa shape index (κ2) is 6.24. The van der Waals surface area contributed by atoms with Crippen molar-refractivity contribution in [2.45, 2.75) is 51.6 Å². The van der Waals surface area contributed by atoms with E-state index in [1.807, 2.05) is 25.1 Å². The number of benzene rings is 1. The lowest BCUT2D eigenvalue weighted by atomic mass is 9.96. The summed E-state index contributed by atoms with van der Waals surface area (Å²) in [5.74, 6) is 1.74. The van der Waals surface area contributed by atoms with Gasteiger partial charge < -0.3 is 9.84 Å². The van der Waals surface area contributed by atoms with E-state index in [1.54, 1.807) is 7.11 Å². The topological polar surface area (TPSA) is 29.5 Å². The minimum Gasteiger partial charge on any atom is -0.496 e. The van der Waals surface area contributed by atoms with Crippen LogP contribution in [0.15, 0.2) is 18.2 Å². The van der Waals surface area contributed by atoms with Gasteiger partial charge in [0.1, 0.15) is 5.75 Å². The third-order valence-corrected chi connectivity index (χ3v) is 4.13. The van der Waals surface area contributed by atoms with Crippen LogP contribution in [0.3, 0.4) is 0 Å². The first-order valence-electron chi connectivity index (χ1n) is 7.03. The third kappa shape index (κ3) is 3.26. The number of hydrogen-bond acceptors (Lipinski definition) is 2. The van der Waals surface area contributed by atoms with Gasteiger partial charge in [0.2, 0.25) is 0 Å². The molecule has 0 heterocycles. The van der Waals surface area contributed by atoms with E-state index in [0.717, 1.165) is 35.6 Å².